The Bertz CT molecular complexity index is 2040. The van der Waals surface area contributed by atoms with Crippen molar-refractivity contribution in [1.29, 1.82) is 0 Å². The standard InChI is InChI=1S/C24H34N10O16P2/c1-31-7-33(17-11(31)19(39)29-23(25)27-17)21-15(37)13(35)9(49-21)5-47-51(41,42)45-3-4-46-52(43,44)48-6-10-14(36)16(38)22(50-10)34-8-32(2)12-18(34)28-24(26)30-20(12)40/h7-10,13-16,21-22,35-38H,3-6H2,1-2H3,(H6-2,25,26,27,28,29,30,39,40,41,42,43,44)/p+2/t9?,10?,13-,14-,15-,16-,21-,22-/m1/s1. The molecule has 12 N–H and O–H groups in total. The van der Waals surface area contributed by atoms with Crippen molar-refractivity contribution in [2.75, 3.05) is 37.9 Å². The summed E-state index contributed by atoms with van der Waals surface area (Å²) in [6.45, 7) is -3.07. The van der Waals surface area contributed by atoms with Crippen molar-refractivity contribution >= 4 is 49.9 Å². The monoisotopic (exact) mass is 782 g/mol. The Labute approximate surface area is 289 Å². The number of imidazole rings is 2. The summed E-state index contributed by atoms with van der Waals surface area (Å²) in [6, 6.07) is 0. The molecule has 6 rings (SSSR count). The van der Waals surface area contributed by atoms with E-state index in [1.165, 1.54) is 45.0 Å². The molecule has 10 atom stereocenters. The third-order valence-corrected chi connectivity index (χ3v) is 10.2. The number of anilines is 2. The van der Waals surface area contributed by atoms with Gasteiger partial charge >= 0.3 is 26.9 Å². The van der Waals surface area contributed by atoms with Crippen LogP contribution in [-0.4, -0.2) is 122 Å². The van der Waals surface area contributed by atoms with Gasteiger partial charge in [0.2, 0.25) is 23.5 Å². The lowest BCUT2D eigenvalue weighted by Crippen LogP contribution is -2.46. The van der Waals surface area contributed by atoms with Gasteiger partial charge in [0, 0.05) is 0 Å². The van der Waals surface area contributed by atoms with Crippen molar-refractivity contribution in [2.45, 2.75) is 49.1 Å². The molecule has 0 aliphatic carbocycles. The van der Waals surface area contributed by atoms with E-state index in [2.05, 4.69) is 19.9 Å². The molecular formula is C24H36N10O16P2+2. The van der Waals surface area contributed by atoms with Crippen LogP contribution < -0.4 is 31.7 Å². The summed E-state index contributed by atoms with van der Waals surface area (Å²) in [5, 5.41) is 42.3. The van der Waals surface area contributed by atoms with E-state index in [-0.39, 0.29) is 34.2 Å². The van der Waals surface area contributed by atoms with Gasteiger partial charge in [-0.3, -0.25) is 46.8 Å². The number of nitrogens with one attached hydrogen (secondary N) is 2. The third-order valence-electron chi connectivity index (χ3n) is 8.20. The van der Waals surface area contributed by atoms with Crippen LogP contribution in [0.4, 0.5) is 11.9 Å². The minimum atomic E-state index is -4.89. The van der Waals surface area contributed by atoms with Crippen molar-refractivity contribution < 1.29 is 76.0 Å². The van der Waals surface area contributed by atoms with Gasteiger partial charge in [0.05, 0.1) is 40.5 Å². The highest BCUT2D eigenvalue weighted by atomic mass is 31.2. The Morgan fingerprint density at radius 2 is 1.10 bits per heavy atom. The van der Waals surface area contributed by atoms with Crippen molar-refractivity contribution in [3.05, 3.63) is 33.4 Å². The number of aliphatic hydroxyl groups is 4. The zero-order chi connectivity index (χ0) is 37.9. The molecule has 2 aliphatic heterocycles. The molecule has 0 aromatic carbocycles. The van der Waals surface area contributed by atoms with Crippen LogP contribution >= 0.6 is 15.6 Å². The number of aliphatic hydroxyl groups excluding tert-OH is 4. The molecule has 4 unspecified atom stereocenters. The lowest BCUT2D eigenvalue weighted by Gasteiger charge is -2.18. The minimum absolute atomic E-state index is 0.0268. The van der Waals surface area contributed by atoms with Gasteiger partial charge < -0.3 is 51.2 Å². The summed E-state index contributed by atoms with van der Waals surface area (Å²) < 4.78 is 60.7. The second-order valence-corrected chi connectivity index (χ2v) is 14.7. The van der Waals surface area contributed by atoms with E-state index in [0.29, 0.717) is 0 Å². The molecule has 2 aliphatic rings. The van der Waals surface area contributed by atoms with Gasteiger partial charge in [-0.05, 0) is 0 Å². The molecule has 0 bridgehead atoms. The van der Waals surface area contributed by atoms with E-state index in [1.54, 1.807) is 0 Å². The predicted octanol–water partition coefficient (Wildman–Crippen LogP) is -5.22. The van der Waals surface area contributed by atoms with Gasteiger partial charge in [-0.25, -0.2) is 18.3 Å². The van der Waals surface area contributed by atoms with Gasteiger partial charge in [-0.2, -0.15) is 0 Å². The van der Waals surface area contributed by atoms with Crippen LogP contribution in [0.3, 0.4) is 0 Å². The van der Waals surface area contributed by atoms with Gasteiger partial charge in [0.15, 0.2) is 12.7 Å². The van der Waals surface area contributed by atoms with E-state index in [9.17, 15) is 48.9 Å². The van der Waals surface area contributed by atoms with Crippen LogP contribution in [-0.2, 0) is 50.8 Å². The fourth-order valence-electron chi connectivity index (χ4n) is 5.82. The van der Waals surface area contributed by atoms with E-state index in [0.717, 1.165) is 0 Å². The van der Waals surface area contributed by atoms with E-state index in [1.807, 2.05) is 0 Å². The summed E-state index contributed by atoms with van der Waals surface area (Å²) in [5.41, 5.74) is 10.4. The van der Waals surface area contributed by atoms with Crippen molar-refractivity contribution in [1.82, 2.24) is 29.1 Å². The molecule has 0 saturated carbocycles. The quantitative estimate of drug-likeness (QED) is 0.0344. The number of phosphoric ester groups is 2. The maximum absolute atomic E-state index is 12.4. The highest BCUT2D eigenvalue weighted by Crippen LogP contribution is 2.46. The van der Waals surface area contributed by atoms with Crippen molar-refractivity contribution in [3.8, 4) is 0 Å². The van der Waals surface area contributed by atoms with Gasteiger partial charge in [0.1, 0.15) is 36.6 Å². The fourth-order valence-corrected chi connectivity index (χ4v) is 7.25. The molecule has 2 saturated heterocycles. The first-order valence-corrected chi connectivity index (χ1v) is 18.2. The first-order valence-electron chi connectivity index (χ1n) is 15.2. The summed E-state index contributed by atoms with van der Waals surface area (Å²) in [4.78, 5) is 57.6. The van der Waals surface area contributed by atoms with Gasteiger partial charge in [-0.1, -0.05) is 9.97 Å². The first kappa shape index (κ1) is 38.0. The van der Waals surface area contributed by atoms with E-state index in [4.69, 9.17) is 39.0 Å². The highest BCUT2D eigenvalue weighted by Gasteiger charge is 2.49. The Balaban J connectivity index is 0.974. The predicted molar refractivity (Wildman–Crippen MR) is 167 cm³/mol. The fraction of sp³-hybridized carbons (Fsp3) is 0.583. The maximum Gasteiger partial charge on any atom is 0.472 e. The molecule has 0 radical (unpaired) electrons. The molecule has 2 fully saturated rings. The SMILES string of the molecule is Cn1c[n+]([C@@H]2OC(COP(=O)(O)OCCOP(=O)(O)OCC3O[C@@H]([n+]4cn(C)c5c(=O)[nH]c(N)nc54)[C@H](O)[C@@H]3O)[C@@H](O)[C@H]2O)c2nc(N)[nH]c(=O)c21. The molecule has 6 heterocycles. The van der Waals surface area contributed by atoms with Gasteiger partial charge in [-0.15, -0.1) is 0 Å². The molecule has 26 nitrogen and oxygen atoms in total. The molecule has 286 valence electrons. The van der Waals surface area contributed by atoms with Crippen molar-refractivity contribution in [3.63, 3.8) is 0 Å². The Kier molecular flexibility index (Phi) is 10.4. The number of aromatic nitrogens is 8. The summed E-state index contributed by atoms with van der Waals surface area (Å²) in [5.74, 6) is -0.429. The molecule has 4 aromatic heterocycles. The second-order valence-electron chi connectivity index (χ2n) is 11.8. The smallest absolute Gasteiger partial charge is 0.387 e. The molecular weight excluding hydrogens is 746 g/mol. The molecule has 28 heteroatoms. The topological polar surface area (TPSA) is 372 Å². The summed E-state index contributed by atoms with van der Waals surface area (Å²) in [6.07, 6.45) is -9.06. The minimum Gasteiger partial charge on any atom is -0.387 e. The average molecular weight is 783 g/mol. The molecule has 4 aromatic rings. The summed E-state index contributed by atoms with van der Waals surface area (Å²) >= 11 is 0. The van der Waals surface area contributed by atoms with Crippen LogP contribution in [0.2, 0.25) is 0 Å². The Hall–Kier alpha value is -3.72. The third kappa shape index (κ3) is 7.39. The Morgan fingerprint density at radius 3 is 1.46 bits per heavy atom. The average Bonchev–Trinajstić information content (AvgIpc) is 3.74. The number of rotatable bonds is 13. The summed E-state index contributed by atoms with van der Waals surface area (Å²) in [7, 11) is -6.73. The van der Waals surface area contributed by atoms with Crippen LogP contribution in [0.1, 0.15) is 12.5 Å². The number of nitrogens with two attached hydrogens (primary N) is 2. The number of aromatic amines is 2. The maximum atomic E-state index is 12.4. The lowest BCUT2D eigenvalue weighted by atomic mass is 10.1. The van der Waals surface area contributed by atoms with Crippen LogP contribution in [0, 0.1) is 0 Å². The second kappa shape index (κ2) is 14.3. The van der Waals surface area contributed by atoms with E-state index >= 15 is 0 Å². The molecule has 52 heavy (non-hydrogen) atoms. The number of aryl methyl sites for hydroxylation is 2. The lowest BCUT2D eigenvalue weighted by molar-refractivity contribution is -0.746. The molecule has 0 spiro atoms. The van der Waals surface area contributed by atoms with Crippen LogP contribution in [0.25, 0.3) is 22.3 Å². The molecule has 0 amide bonds. The van der Waals surface area contributed by atoms with Crippen molar-refractivity contribution in [2.24, 2.45) is 14.1 Å². The first-order chi connectivity index (χ1) is 24.4. The zero-order valence-corrected chi connectivity index (χ0v) is 28.9. The number of nitrogen functional groups attached to an aromatic ring is 2. The number of hydrogen-bond donors (Lipinski definition) is 10. The van der Waals surface area contributed by atoms with Gasteiger partial charge in [0.25, 0.3) is 23.0 Å². The van der Waals surface area contributed by atoms with Crippen LogP contribution in [0.15, 0.2) is 22.2 Å². The number of fused-ring (bicyclic) bond motifs is 2. The number of nitrogens with zero attached hydrogens (tertiary/aromatic N) is 6. The normalized spacial score (nSPS) is 28.8. The Morgan fingerprint density at radius 1 is 0.731 bits per heavy atom. The highest BCUT2D eigenvalue weighted by molar-refractivity contribution is 7.47. The number of H-pyrrole nitrogens is 2. The largest absolute Gasteiger partial charge is 0.472 e. The van der Waals surface area contributed by atoms with E-state index < -0.39 is 102 Å². The number of phosphoric acid groups is 2. The van der Waals surface area contributed by atoms with Crippen LogP contribution in [0.5, 0.6) is 0 Å². The number of hydrogen-bond acceptors (Lipinski definition) is 18. The zero-order valence-electron chi connectivity index (χ0n) is 27.1. The number of ether oxygens (including phenoxy) is 2.